The van der Waals surface area contributed by atoms with Gasteiger partial charge in [-0.15, -0.1) is 0 Å². The Labute approximate surface area is 121 Å². The Balaban J connectivity index is 2.92. The van der Waals surface area contributed by atoms with Gasteiger partial charge in [-0.05, 0) is 33.8 Å². The standard InChI is InChI=1S/C13H25N3O3S/c1-5-19-9-11(4)15-20(17,18)13-6-12(7-14)16(8-13)10(2)3/h6,8,10-11,15H,5,7,9,14H2,1-4H3. The summed E-state index contributed by atoms with van der Waals surface area (Å²) < 4.78 is 34.3. The smallest absolute Gasteiger partial charge is 0.242 e. The van der Waals surface area contributed by atoms with Crippen molar-refractivity contribution in [2.24, 2.45) is 5.73 Å². The molecule has 1 aromatic heterocycles. The third-order valence-electron chi connectivity index (χ3n) is 2.91. The SMILES string of the molecule is CCOCC(C)NS(=O)(=O)c1cc(CN)n(C(C)C)c1. The third kappa shape index (κ3) is 4.31. The van der Waals surface area contributed by atoms with Gasteiger partial charge in [-0.3, -0.25) is 0 Å². The van der Waals surface area contributed by atoms with E-state index in [-0.39, 0.29) is 17.0 Å². The average molecular weight is 303 g/mol. The summed E-state index contributed by atoms with van der Waals surface area (Å²) in [5.74, 6) is 0. The van der Waals surface area contributed by atoms with Crippen LogP contribution in [0.4, 0.5) is 0 Å². The molecule has 6 nitrogen and oxygen atoms in total. The van der Waals surface area contributed by atoms with E-state index >= 15 is 0 Å². The van der Waals surface area contributed by atoms with Crippen molar-refractivity contribution >= 4 is 10.0 Å². The highest BCUT2D eigenvalue weighted by atomic mass is 32.2. The lowest BCUT2D eigenvalue weighted by molar-refractivity contribution is 0.133. The van der Waals surface area contributed by atoms with Gasteiger partial charge in [0.1, 0.15) is 0 Å². The van der Waals surface area contributed by atoms with Crippen LogP contribution in [0.25, 0.3) is 0 Å². The molecule has 0 radical (unpaired) electrons. The zero-order valence-electron chi connectivity index (χ0n) is 12.6. The molecule has 0 amide bonds. The van der Waals surface area contributed by atoms with E-state index in [0.717, 1.165) is 5.69 Å². The molecule has 1 heterocycles. The van der Waals surface area contributed by atoms with Crippen LogP contribution in [0.2, 0.25) is 0 Å². The van der Waals surface area contributed by atoms with Crippen molar-refractivity contribution in [1.29, 1.82) is 0 Å². The first-order valence-electron chi connectivity index (χ1n) is 6.82. The molecule has 0 saturated carbocycles. The van der Waals surface area contributed by atoms with E-state index in [0.29, 0.717) is 19.8 Å². The van der Waals surface area contributed by atoms with Crippen molar-refractivity contribution in [3.05, 3.63) is 18.0 Å². The quantitative estimate of drug-likeness (QED) is 0.756. The minimum Gasteiger partial charge on any atom is -0.380 e. The summed E-state index contributed by atoms with van der Waals surface area (Å²) in [6.07, 6.45) is 1.63. The molecular formula is C13H25N3O3S. The molecule has 0 fully saturated rings. The van der Waals surface area contributed by atoms with Crippen LogP contribution < -0.4 is 10.5 Å². The molecule has 0 aliphatic heterocycles. The van der Waals surface area contributed by atoms with Gasteiger partial charge in [-0.2, -0.15) is 0 Å². The molecule has 0 bridgehead atoms. The fourth-order valence-corrected chi connectivity index (χ4v) is 3.23. The molecule has 0 spiro atoms. The first kappa shape index (κ1) is 17.2. The van der Waals surface area contributed by atoms with Crippen LogP contribution in [0.3, 0.4) is 0 Å². The van der Waals surface area contributed by atoms with Crippen molar-refractivity contribution in [2.45, 2.75) is 51.2 Å². The van der Waals surface area contributed by atoms with Crippen molar-refractivity contribution < 1.29 is 13.2 Å². The Morgan fingerprint density at radius 2 is 2.05 bits per heavy atom. The molecule has 1 unspecified atom stereocenters. The zero-order valence-corrected chi connectivity index (χ0v) is 13.4. The number of hydrogen-bond acceptors (Lipinski definition) is 4. The Bertz CT molecular complexity index is 523. The maximum atomic E-state index is 12.3. The summed E-state index contributed by atoms with van der Waals surface area (Å²) in [7, 11) is -3.54. The van der Waals surface area contributed by atoms with Crippen molar-refractivity contribution in [2.75, 3.05) is 13.2 Å². The number of aromatic nitrogens is 1. The van der Waals surface area contributed by atoms with E-state index in [2.05, 4.69) is 4.72 Å². The van der Waals surface area contributed by atoms with Gasteiger partial charge in [0.25, 0.3) is 0 Å². The van der Waals surface area contributed by atoms with Gasteiger partial charge in [-0.25, -0.2) is 13.1 Å². The van der Waals surface area contributed by atoms with Crippen LogP contribution in [0.1, 0.15) is 39.4 Å². The number of nitrogens with one attached hydrogen (secondary N) is 1. The van der Waals surface area contributed by atoms with E-state index in [1.165, 1.54) is 0 Å². The number of sulfonamides is 1. The summed E-state index contributed by atoms with van der Waals surface area (Å²) in [4.78, 5) is 0.245. The van der Waals surface area contributed by atoms with E-state index < -0.39 is 10.0 Å². The van der Waals surface area contributed by atoms with Crippen molar-refractivity contribution in [3.8, 4) is 0 Å². The minimum atomic E-state index is -3.54. The van der Waals surface area contributed by atoms with Crippen molar-refractivity contribution in [3.63, 3.8) is 0 Å². The normalized spacial score (nSPS) is 13.9. The van der Waals surface area contributed by atoms with Crippen LogP contribution in [0.5, 0.6) is 0 Å². The molecular weight excluding hydrogens is 278 g/mol. The average Bonchev–Trinajstić information content (AvgIpc) is 2.80. The monoisotopic (exact) mass is 303 g/mol. The Kier molecular flexibility index (Phi) is 6.19. The summed E-state index contributed by atoms with van der Waals surface area (Å²) in [5, 5.41) is 0. The Morgan fingerprint density at radius 1 is 1.40 bits per heavy atom. The molecule has 20 heavy (non-hydrogen) atoms. The highest BCUT2D eigenvalue weighted by Gasteiger charge is 2.21. The fourth-order valence-electron chi connectivity index (χ4n) is 1.95. The summed E-state index contributed by atoms with van der Waals surface area (Å²) in [5.41, 5.74) is 6.46. The molecule has 0 aromatic carbocycles. The minimum absolute atomic E-state index is 0.165. The Hall–Kier alpha value is -0.890. The van der Waals surface area contributed by atoms with Crippen LogP contribution in [-0.4, -0.2) is 32.2 Å². The topological polar surface area (TPSA) is 86.3 Å². The van der Waals surface area contributed by atoms with Crippen molar-refractivity contribution in [1.82, 2.24) is 9.29 Å². The molecule has 1 atom stereocenters. The largest absolute Gasteiger partial charge is 0.380 e. The predicted octanol–water partition coefficient (Wildman–Crippen LogP) is 1.23. The molecule has 1 aromatic rings. The lowest BCUT2D eigenvalue weighted by Gasteiger charge is -2.13. The summed E-state index contributed by atoms with van der Waals surface area (Å²) in [6.45, 7) is 8.84. The van der Waals surface area contributed by atoms with Gasteiger partial charge in [0.05, 0.1) is 11.5 Å². The molecule has 3 N–H and O–H groups in total. The third-order valence-corrected chi connectivity index (χ3v) is 4.47. The molecule has 1 rings (SSSR count). The first-order valence-corrected chi connectivity index (χ1v) is 8.31. The highest BCUT2D eigenvalue weighted by Crippen LogP contribution is 2.18. The van der Waals surface area contributed by atoms with E-state index in [1.54, 1.807) is 19.2 Å². The van der Waals surface area contributed by atoms with Crippen LogP contribution in [0.15, 0.2) is 17.2 Å². The van der Waals surface area contributed by atoms with Crippen LogP contribution in [0, 0.1) is 0 Å². The van der Waals surface area contributed by atoms with Gasteiger partial charge in [-0.1, -0.05) is 0 Å². The van der Waals surface area contributed by atoms with Crippen LogP contribution in [-0.2, 0) is 21.3 Å². The second kappa shape index (κ2) is 7.21. The number of nitrogens with two attached hydrogens (primary N) is 1. The molecule has 0 saturated heterocycles. The second-order valence-electron chi connectivity index (χ2n) is 5.05. The number of nitrogens with zero attached hydrogens (tertiary/aromatic N) is 1. The lowest BCUT2D eigenvalue weighted by atomic mass is 10.3. The van der Waals surface area contributed by atoms with Gasteiger partial charge in [0.15, 0.2) is 0 Å². The molecule has 7 heteroatoms. The zero-order chi connectivity index (χ0) is 15.3. The highest BCUT2D eigenvalue weighted by molar-refractivity contribution is 7.89. The number of hydrogen-bond donors (Lipinski definition) is 2. The fraction of sp³-hybridized carbons (Fsp3) is 0.692. The van der Waals surface area contributed by atoms with E-state index in [1.807, 2.05) is 25.3 Å². The van der Waals surface area contributed by atoms with Gasteiger partial charge in [0.2, 0.25) is 10.0 Å². The Morgan fingerprint density at radius 3 is 2.50 bits per heavy atom. The summed E-state index contributed by atoms with van der Waals surface area (Å²) in [6, 6.07) is 1.51. The number of ether oxygens (including phenoxy) is 1. The predicted molar refractivity (Wildman–Crippen MR) is 79.0 cm³/mol. The molecule has 0 aliphatic carbocycles. The molecule has 116 valence electrons. The molecule has 0 aliphatic rings. The van der Waals surface area contributed by atoms with Gasteiger partial charge in [0, 0.05) is 37.1 Å². The maximum Gasteiger partial charge on any atom is 0.242 e. The maximum absolute atomic E-state index is 12.3. The van der Waals surface area contributed by atoms with E-state index in [4.69, 9.17) is 10.5 Å². The lowest BCUT2D eigenvalue weighted by Crippen LogP contribution is -2.35. The van der Waals surface area contributed by atoms with Gasteiger partial charge < -0.3 is 15.0 Å². The van der Waals surface area contributed by atoms with Gasteiger partial charge >= 0.3 is 0 Å². The van der Waals surface area contributed by atoms with Crippen LogP contribution >= 0.6 is 0 Å². The summed E-state index contributed by atoms with van der Waals surface area (Å²) >= 11 is 0. The van der Waals surface area contributed by atoms with E-state index in [9.17, 15) is 8.42 Å². The first-order chi connectivity index (χ1) is 9.31. The second-order valence-corrected chi connectivity index (χ2v) is 6.77. The number of rotatable bonds is 8.